The maximum Gasteiger partial charge on any atom is 0.205 e. The first-order valence-electron chi connectivity index (χ1n) is 6.19. The van der Waals surface area contributed by atoms with Crippen molar-refractivity contribution in [2.45, 2.75) is 6.42 Å². The number of aromatic nitrogens is 2. The zero-order chi connectivity index (χ0) is 15.0. The van der Waals surface area contributed by atoms with E-state index in [-0.39, 0.29) is 5.82 Å². The second kappa shape index (κ2) is 5.33. The van der Waals surface area contributed by atoms with Crippen LogP contribution in [0.25, 0.3) is 16.7 Å². The van der Waals surface area contributed by atoms with Crippen LogP contribution in [0.3, 0.4) is 0 Å². The van der Waals surface area contributed by atoms with Gasteiger partial charge in [0.2, 0.25) is 5.95 Å². The Morgan fingerprint density at radius 1 is 1.29 bits per heavy atom. The SMILES string of the molecule is N#CCc1ccc(-n2c(N)nc3cc(I)c(F)cc32)cc1. The number of nitrogens with zero attached hydrogens (tertiary/aromatic N) is 3. The van der Waals surface area contributed by atoms with Crippen molar-refractivity contribution >= 4 is 39.6 Å². The Hall–Kier alpha value is -2.14. The van der Waals surface area contributed by atoms with Gasteiger partial charge >= 0.3 is 0 Å². The lowest BCUT2D eigenvalue weighted by Crippen LogP contribution is -2.01. The van der Waals surface area contributed by atoms with Gasteiger partial charge in [-0.3, -0.25) is 4.57 Å². The molecule has 0 aliphatic rings. The molecule has 2 N–H and O–H groups in total. The summed E-state index contributed by atoms with van der Waals surface area (Å²) in [5, 5.41) is 8.69. The summed E-state index contributed by atoms with van der Waals surface area (Å²) in [7, 11) is 0. The minimum Gasteiger partial charge on any atom is -0.369 e. The van der Waals surface area contributed by atoms with E-state index in [0.29, 0.717) is 27.0 Å². The van der Waals surface area contributed by atoms with E-state index in [2.05, 4.69) is 11.1 Å². The molecule has 6 heteroatoms. The molecule has 2 aromatic carbocycles. The Labute approximate surface area is 134 Å². The van der Waals surface area contributed by atoms with E-state index in [0.717, 1.165) is 11.3 Å². The average Bonchev–Trinajstić information content (AvgIpc) is 2.76. The van der Waals surface area contributed by atoms with Crippen LogP contribution in [0.2, 0.25) is 0 Å². The number of hydrogen-bond donors (Lipinski definition) is 1. The number of nitriles is 1. The lowest BCUT2D eigenvalue weighted by atomic mass is 10.1. The smallest absolute Gasteiger partial charge is 0.205 e. The van der Waals surface area contributed by atoms with Crippen LogP contribution in [0.5, 0.6) is 0 Å². The Morgan fingerprint density at radius 2 is 2.00 bits per heavy atom. The van der Waals surface area contributed by atoms with Crippen LogP contribution in [0.4, 0.5) is 10.3 Å². The van der Waals surface area contributed by atoms with Crippen molar-refractivity contribution in [3.05, 3.63) is 51.3 Å². The van der Waals surface area contributed by atoms with E-state index in [4.69, 9.17) is 11.0 Å². The maximum absolute atomic E-state index is 13.8. The first-order chi connectivity index (χ1) is 10.1. The number of rotatable bonds is 2. The molecule has 0 saturated heterocycles. The van der Waals surface area contributed by atoms with Crippen molar-refractivity contribution in [1.82, 2.24) is 9.55 Å². The average molecular weight is 392 g/mol. The van der Waals surface area contributed by atoms with Gasteiger partial charge in [-0.25, -0.2) is 9.37 Å². The normalized spacial score (nSPS) is 10.7. The molecular formula is C15H10FIN4. The van der Waals surface area contributed by atoms with E-state index < -0.39 is 0 Å². The number of benzene rings is 2. The highest BCUT2D eigenvalue weighted by Crippen LogP contribution is 2.26. The van der Waals surface area contributed by atoms with Crippen molar-refractivity contribution in [2.24, 2.45) is 0 Å². The topological polar surface area (TPSA) is 67.6 Å². The number of hydrogen-bond acceptors (Lipinski definition) is 3. The van der Waals surface area contributed by atoms with Gasteiger partial charge < -0.3 is 5.73 Å². The number of fused-ring (bicyclic) bond motifs is 1. The van der Waals surface area contributed by atoms with Gasteiger partial charge in [0.15, 0.2) is 0 Å². The third kappa shape index (κ3) is 2.45. The standard InChI is InChI=1S/C15H10FIN4/c16-11-7-14-13(8-12(11)17)20-15(19)21(14)10-3-1-9(2-4-10)5-6-18/h1-4,7-8H,5H2,(H2,19,20). The molecule has 0 spiro atoms. The second-order valence-corrected chi connectivity index (χ2v) is 5.72. The predicted molar refractivity (Wildman–Crippen MR) is 87.5 cm³/mol. The van der Waals surface area contributed by atoms with Crippen LogP contribution in [0.1, 0.15) is 5.56 Å². The highest BCUT2D eigenvalue weighted by molar-refractivity contribution is 14.1. The molecule has 0 unspecified atom stereocenters. The summed E-state index contributed by atoms with van der Waals surface area (Å²) < 4.78 is 16.0. The fourth-order valence-corrected chi connectivity index (χ4v) is 2.67. The minimum absolute atomic E-state index is 0.301. The van der Waals surface area contributed by atoms with Gasteiger partial charge in [-0.1, -0.05) is 12.1 Å². The Kier molecular flexibility index (Phi) is 3.51. The van der Waals surface area contributed by atoms with Crippen molar-refractivity contribution < 1.29 is 4.39 Å². The van der Waals surface area contributed by atoms with Crippen molar-refractivity contribution in [3.8, 4) is 11.8 Å². The van der Waals surface area contributed by atoms with Crippen LogP contribution in [0.15, 0.2) is 36.4 Å². The second-order valence-electron chi connectivity index (χ2n) is 4.56. The van der Waals surface area contributed by atoms with Crippen LogP contribution in [0, 0.1) is 20.7 Å². The Morgan fingerprint density at radius 3 is 2.67 bits per heavy atom. The molecule has 0 atom stereocenters. The molecule has 1 aromatic heterocycles. The number of imidazole rings is 1. The first kappa shape index (κ1) is 13.8. The van der Waals surface area contributed by atoms with Crippen LogP contribution < -0.4 is 5.73 Å². The predicted octanol–water partition coefficient (Wildman–Crippen LogP) is 3.42. The first-order valence-corrected chi connectivity index (χ1v) is 7.27. The number of nitrogens with two attached hydrogens (primary N) is 1. The van der Waals surface area contributed by atoms with Crippen molar-refractivity contribution in [2.75, 3.05) is 5.73 Å². The largest absolute Gasteiger partial charge is 0.369 e. The highest BCUT2D eigenvalue weighted by atomic mass is 127. The molecule has 0 fully saturated rings. The van der Waals surface area contributed by atoms with Crippen LogP contribution in [-0.4, -0.2) is 9.55 Å². The Bertz CT molecular complexity index is 862. The molecule has 0 amide bonds. The Balaban J connectivity index is 2.17. The monoisotopic (exact) mass is 392 g/mol. The van der Waals surface area contributed by atoms with Crippen LogP contribution >= 0.6 is 22.6 Å². The van der Waals surface area contributed by atoms with E-state index in [9.17, 15) is 4.39 Å². The molecule has 3 rings (SSSR count). The van der Waals surface area contributed by atoms with Gasteiger partial charge in [-0.15, -0.1) is 0 Å². The molecule has 3 aromatic rings. The van der Waals surface area contributed by atoms with Gasteiger partial charge in [0, 0.05) is 11.8 Å². The summed E-state index contributed by atoms with van der Waals surface area (Å²) in [5.74, 6) is 0.00443. The van der Waals surface area contributed by atoms with Gasteiger partial charge in [0.25, 0.3) is 0 Å². The lowest BCUT2D eigenvalue weighted by Gasteiger charge is -2.07. The summed E-state index contributed by atoms with van der Waals surface area (Å²) >= 11 is 1.93. The molecule has 0 saturated carbocycles. The number of anilines is 1. The maximum atomic E-state index is 13.8. The summed E-state index contributed by atoms with van der Waals surface area (Å²) in [6, 6.07) is 12.6. The summed E-state index contributed by atoms with van der Waals surface area (Å²) in [6.07, 6.45) is 0.354. The van der Waals surface area contributed by atoms with E-state index in [1.165, 1.54) is 6.07 Å². The van der Waals surface area contributed by atoms with E-state index in [1.54, 1.807) is 10.6 Å². The molecular weight excluding hydrogens is 382 g/mol. The summed E-state index contributed by atoms with van der Waals surface area (Å²) in [4.78, 5) is 4.27. The van der Waals surface area contributed by atoms with Crippen molar-refractivity contribution in [1.29, 1.82) is 5.26 Å². The fourth-order valence-electron chi connectivity index (χ4n) is 2.22. The van der Waals surface area contributed by atoms with Crippen molar-refractivity contribution in [3.63, 3.8) is 0 Å². The summed E-state index contributed by atoms with van der Waals surface area (Å²) in [6.45, 7) is 0. The van der Waals surface area contributed by atoms with Gasteiger partial charge in [0.1, 0.15) is 5.82 Å². The fraction of sp³-hybridized carbons (Fsp3) is 0.0667. The zero-order valence-electron chi connectivity index (χ0n) is 10.8. The highest BCUT2D eigenvalue weighted by Gasteiger charge is 2.13. The molecule has 0 aliphatic carbocycles. The third-order valence-electron chi connectivity index (χ3n) is 3.20. The minimum atomic E-state index is -0.301. The number of halogens is 2. The van der Waals surface area contributed by atoms with Crippen LogP contribution in [-0.2, 0) is 6.42 Å². The zero-order valence-corrected chi connectivity index (χ0v) is 13.0. The van der Waals surface area contributed by atoms with Gasteiger partial charge in [-0.2, -0.15) is 5.26 Å². The number of nitrogen functional groups attached to an aromatic ring is 1. The van der Waals surface area contributed by atoms with E-state index >= 15 is 0 Å². The summed E-state index contributed by atoms with van der Waals surface area (Å²) in [5.41, 5.74) is 8.94. The molecule has 21 heavy (non-hydrogen) atoms. The molecule has 1 heterocycles. The third-order valence-corrected chi connectivity index (χ3v) is 4.03. The molecule has 0 bridgehead atoms. The lowest BCUT2D eigenvalue weighted by molar-refractivity contribution is 0.622. The molecule has 104 valence electrons. The molecule has 0 radical (unpaired) electrons. The molecule has 4 nitrogen and oxygen atoms in total. The quantitative estimate of drug-likeness (QED) is 0.680. The van der Waals surface area contributed by atoms with E-state index in [1.807, 2.05) is 46.9 Å². The molecule has 0 aliphatic heterocycles. The van der Waals surface area contributed by atoms with Gasteiger partial charge in [-0.05, 0) is 46.4 Å². The van der Waals surface area contributed by atoms with Gasteiger partial charge in [0.05, 0.1) is 27.1 Å².